The average molecular weight is 510 g/mol. The maximum absolute atomic E-state index is 12.7. The highest BCUT2D eigenvalue weighted by atomic mass is 32.1. The Balaban J connectivity index is 1.58. The number of aliphatic hydroxyl groups is 1. The van der Waals surface area contributed by atoms with Crippen molar-refractivity contribution in [2.45, 2.75) is 31.2 Å². The minimum atomic E-state index is -4.46. The monoisotopic (exact) mass is 509 g/mol. The van der Waals surface area contributed by atoms with E-state index in [1.165, 1.54) is 12.4 Å². The minimum Gasteiger partial charge on any atom is -0.384 e. The zero-order chi connectivity index (χ0) is 24.7. The quantitative estimate of drug-likeness (QED) is 0.406. The van der Waals surface area contributed by atoms with Gasteiger partial charge in [-0.05, 0) is 18.6 Å². The molecule has 0 aliphatic carbocycles. The first-order valence-electron chi connectivity index (χ1n) is 9.84. The number of alkyl halides is 3. The third-order valence-corrected chi connectivity index (χ3v) is 6.46. The second kappa shape index (κ2) is 11.2. The van der Waals surface area contributed by atoms with Gasteiger partial charge in [0.2, 0.25) is 5.91 Å². The summed E-state index contributed by atoms with van der Waals surface area (Å²) in [5.41, 5.74) is 1.20. The number of halogens is 3. The van der Waals surface area contributed by atoms with Crippen LogP contribution in [0.15, 0.2) is 42.0 Å². The van der Waals surface area contributed by atoms with Gasteiger partial charge in [0, 0.05) is 23.6 Å². The molecule has 2 heterocycles. The van der Waals surface area contributed by atoms with Crippen molar-refractivity contribution in [1.82, 2.24) is 20.6 Å². The van der Waals surface area contributed by atoms with Crippen molar-refractivity contribution < 1.29 is 27.9 Å². The number of hydrogen-bond acceptors (Lipinski definition) is 8. The summed E-state index contributed by atoms with van der Waals surface area (Å²) in [6.07, 6.45) is -4.90. The number of amides is 2. The molecule has 0 saturated carbocycles. The molecule has 178 valence electrons. The van der Waals surface area contributed by atoms with Gasteiger partial charge in [0.25, 0.3) is 5.91 Å². The van der Waals surface area contributed by atoms with Gasteiger partial charge in [0.15, 0.2) is 0 Å². The molecule has 0 bridgehead atoms. The van der Waals surface area contributed by atoms with E-state index in [1.807, 2.05) is 6.07 Å². The van der Waals surface area contributed by atoms with Gasteiger partial charge < -0.3 is 15.7 Å². The molecule has 13 heteroatoms. The summed E-state index contributed by atoms with van der Waals surface area (Å²) >= 11 is 2.13. The second-order valence-electron chi connectivity index (χ2n) is 7.04. The van der Waals surface area contributed by atoms with Crippen LogP contribution < -0.4 is 10.6 Å². The SMILES string of the molecule is N#Cc1ccc(-c2ncc(C(=O)NCC(=O)NC(CCC(F)(F)F)C(O)c3nccs3)s2)cc1. The molecule has 3 aromatic rings. The minimum absolute atomic E-state index is 0.177. The standard InChI is InChI=1S/C21H18F3N5O3S2/c22-21(23,24)6-5-14(17(31)20-26-7-8-33-20)29-16(30)11-27-18(32)15-10-28-19(34-15)13-3-1-12(9-25)2-4-13/h1-4,7-8,10,14,17,31H,5-6,11H2,(H,27,32)(H,29,30). The van der Waals surface area contributed by atoms with Crippen molar-refractivity contribution in [2.75, 3.05) is 6.54 Å². The molecule has 2 amide bonds. The fourth-order valence-corrected chi connectivity index (χ4v) is 4.41. The van der Waals surface area contributed by atoms with Crippen LogP contribution >= 0.6 is 22.7 Å². The summed E-state index contributed by atoms with van der Waals surface area (Å²) in [5.74, 6) is -1.34. The summed E-state index contributed by atoms with van der Waals surface area (Å²) in [6, 6.07) is 7.41. The Hall–Kier alpha value is -3.34. The van der Waals surface area contributed by atoms with Crippen LogP contribution in [-0.4, -0.2) is 45.7 Å². The lowest BCUT2D eigenvalue weighted by molar-refractivity contribution is -0.139. The van der Waals surface area contributed by atoms with Gasteiger partial charge in [0.05, 0.1) is 30.4 Å². The molecule has 2 unspecified atom stereocenters. The molecule has 8 nitrogen and oxygen atoms in total. The molecule has 2 aromatic heterocycles. The third kappa shape index (κ3) is 7.08. The van der Waals surface area contributed by atoms with Gasteiger partial charge >= 0.3 is 6.18 Å². The Morgan fingerprint density at radius 1 is 1.21 bits per heavy atom. The number of hydrogen-bond donors (Lipinski definition) is 3. The first-order chi connectivity index (χ1) is 16.2. The molecule has 0 saturated heterocycles. The molecular formula is C21H18F3N5O3S2. The van der Waals surface area contributed by atoms with Gasteiger partial charge in [-0.2, -0.15) is 18.4 Å². The van der Waals surface area contributed by atoms with Crippen LogP contribution in [0.25, 0.3) is 10.6 Å². The number of nitrogens with one attached hydrogen (secondary N) is 2. The largest absolute Gasteiger partial charge is 0.389 e. The molecule has 0 fully saturated rings. The van der Waals surface area contributed by atoms with Gasteiger partial charge in [-0.1, -0.05) is 12.1 Å². The zero-order valence-electron chi connectivity index (χ0n) is 17.4. The van der Waals surface area contributed by atoms with Crippen molar-refractivity contribution in [3.63, 3.8) is 0 Å². The molecule has 0 radical (unpaired) electrons. The number of carbonyl (C=O) groups is 2. The number of aromatic nitrogens is 2. The summed E-state index contributed by atoms with van der Waals surface area (Å²) in [4.78, 5) is 33.0. The van der Waals surface area contributed by atoms with E-state index >= 15 is 0 Å². The van der Waals surface area contributed by atoms with Gasteiger partial charge in [0.1, 0.15) is 21.0 Å². The van der Waals surface area contributed by atoms with Crippen LogP contribution in [0.3, 0.4) is 0 Å². The van der Waals surface area contributed by atoms with Gasteiger partial charge in [-0.25, -0.2) is 9.97 Å². The zero-order valence-corrected chi connectivity index (χ0v) is 19.0. The van der Waals surface area contributed by atoms with E-state index in [0.29, 0.717) is 16.1 Å². The van der Waals surface area contributed by atoms with Crippen molar-refractivity contribution in [1.29, 1.82) is 5.26 Å². The molecular weight excluding hydrogens is 491 g/mol. The number of carbonyl (C=O) groups excluding carboxylic acids is 2. The first kappa shape index (κ1) is 25.3. The van der Waals surface area contributed by atoms with E-state index in [0.717, 1.165) is 22.7 Å². The van der Waals surface area contributed by atoms with E-state index in [4.69, 9.17) is 5.26 Å². The van der Waals surface area contributed by atoms with Crippen molar-refractivity contribution in [2.24, 2.45) is 0 Å². The molecule has 0 spiro atoms. The Morgan fingerprint density at radius 2 is 1.94 bits per heavy atom. The number of nitrogens with zero attached hydrogens (tertiary/aromatic N) is 3. The Bertz CT molecular complexity index is 1160. The lowest BCUT2D eigenvalue weighted by atomic mass is 10.1. The third-order valence-electron chi connectivity index (χ3n) is 4.57. The van der Waals surface area contributed by atoms with Crippen molar-refractivity contribution >= 4 is 34.5 Å². The van der Waals surface area contributed by atoms with E-state index in [2.05, 4.69) is 20.6 Å². The number of thiazole rings is 2. The Labute approximate surface area is 200 Å². The van der Waals surface area contributed by atoms with Crippen LogP contribution in [0.4, 0.5) is 13.2 Å². The lowest BCUT2D eigenvalue weighted by Gasteiger charge is -2.23. The highest BCUT2D eigenvalue weighted by molar-refractivity contribution is 7.16. The fraction of sp³-hybridized carbons (Fsp3) is 0.286. The topological polar surface area (TPSA) is 128 Å². The number of nitriles is 1. The summed E-state index contributed by atoms with van der Waals surface area (Å²) in [7, 11) is 0. The van der Waals surface area contributed by atoms with Crippen LogP contribution in [-0.2, 0) is 4.79 Å². The van der Waals surface area contributed by atoms with Crippen LogP contribution in [0, 0.1) is 11.3 Å². The smallest absolute Gasteiger partial charge is 0.384 e. The van der Waals surface area contributed by atoms with E-state index < -0.39 is 49.5 Å². The number of aliphatic hydroxyl groups excluding tert-OH is 1. The van der Waals surface area contributed by atoms with E-state index in [-0.39, 0.29) is 9.88 Å². The second-order valence-corrected chi connectivity index (χ2v) is 9.00. The first-order valence-corrected chi connectivity index (χ1v) is 11.5. The normalized spacial score (nSPS) is 13.0. The van der Waals surface area contributed by atoms with Gasteiger partial charge in [-0.3, -0.25) is 9.59 Å². The van der Waals surface area contributed by atoms with E-state index in [1.54, 1.807) is 29.6 Å². The van der Waals surface area contributed by atoms with Crippen LogP contribution in [0.1, 0.15) is 39.2 Å². The fourth-order valence-electron chi connectivity index (χ4n) is 2.89. The number of rotatable bonds is 9. The predicted molar refractivity (Wildman–Crippen MR) is 119 cm³/mol. The number of benzene rings is 1. The Kier molecular flexibility index (Phi) is 8.32. The molecule has 2 atom stereocenters. The molecule has 0 aliphatic heterocycles. The summed E-state index contributed by atoms with van der Waals surface area (Å²) in [6.45, 7) is -0.504. The average Bonchev–Trinajstić information content (AvgIpc) is 3.52. The Morgan fingerprint density at radius 3 is 2.56 bits per heavy atom. The lowest BCUT2D eigenvalue weighted by Crippen LogP contribution is -2.45. The predicted octanol–water partition coefficient (Wildman–Crippen LogP) is 3.43. The highest BCUT2D eigenvalue weighted by Gasteiger charge is 2.32. The van der Waals surface area contributed by atoms with E-state index in [9.17, 15) is 27.9 Å². The highest BCUT2D eigenvalue weighted by Crippen LogP contribution is 2.28. The molecule has 0 aliphatic rings. The van der Waals surface area contributed by atoms with Crippen LogP contribution in [0.5, 0.6) is 0 Å². The summed E-state index contributed by atoms with van der Waals surface area (Å²) in [5, 5.41) is 26.3. The maximum Gasteiger partial charge on any atom is 0.389 e. The van der Waals surface area contributed by atoms with Gasteiger partial charge in [-0.15, -0.1) is 22.7 Å². The summed E-state index contributed by atoms with van der Waals surface area (Å²) < 4.78 is 38.0. The van der Waals surface area contributed by atoms with Crippen molar-refractivity contribution in [3.8, 4) is 16.6 Å². The molecule has 1 aromatic carbocycles. The molecule has 3 N–H and O–H groups in total. The molecule has 34 heavy (non-hydrogen) atoms. The van der Waals surface area contributed by atoms with Crippen LogP contribution in [0.2, 0.25) is 0 Å². The maximum atomic E-state index is 12.7. The van der Waals surface area contributed by atoms with Crippen molar-refractivity contribution in [3.05, 3.63) is 57.5 Å². The molecule has 3 rings (SSSR count).